The monoisotopic (exact) mass is 244 g/mol. The minimum Gasteiger partial charge on any atom is -0.459 e. The van der Waals surface area contributed by atoms with E-state index in [4.69, 9.17) is 10.2 Å². The van der Waals surface area contributed by atoms with Crippen molar-refractivity contribution < 1.29 is 9.21 Å². The molecule has 18 heavy (non-hydrogen) atoms. The van der Waals surface area contributed by atoms with Gasteiger partial charge in [-0.05, 0) is 37.1 Å². The Balaban J connectivity index is 2.24. The van der Waals surface area contributed by atoms with Crippen molar-refractivity contribution >= 4 is 11.6 Å². The van der Waals surface area contributed by atoms with Crippen LogP contribution >= 0.6 is 0 Å². The number of amides is 1. The molecule has 1 aromatic heterocycles. The number of nitrogens with two attached hydrogens (primary N) is 1. The summed E-state index contributed by atoms with van der Waals surface area (Å²) in [7, 11) is 0. The molecule has 3 N–H and O–H groups in total. The first kappa shape index (κ1) is 12.4. The summed E-state index contributed by atoms with van der Waals surface area (Å²) in [5.41, 5.74) is 9.14. The minimum atomic E-state index is -0.241. The number of hydrogen-bond donors (Lipinski definition) is 2. The number of carbonyl (C=O) groups excluding carboxylic acids is 1. The van der Waals surface area contributed by atoms with Gasteiger partial charge in [0.05, 0.1) is 6.26 Å². The number of rotatable bonds is 3. The highest BCUT2D eigenvalue weighted by atomic mass is 16.3. The number of nitrogens with one attached hydrogen (secondary N) is 1. The molecular weight excluding hydrogens is 228 g/mol. The Bertz CT molecular complexity index is 573. The third-order valence-corrected chi connectivity index (χ3v) is 2.85. The molecule has 0 spiro atoms. The van der Waals surface area contributed by atoms with Gasteiger partial charge in [-0.3, -0.25) is 4.79 Å². The van der Waals surface area contributed by atoms with Crippen LogP contribution in [0.15, 0.2) is 34.9 Å². The van der Waals surface area contributed by atoms with E-state index in [-0.39, 0.29) is 5.91 Å². The van der Waals surface area contributed by atoms with Crippen molar-refractivity contribution in [1.29, 1.82) is 0 Å². The van der Waals surface area contributed by atoms with E-state index >= 15 is 0 Å². The van der Waals surface area contributed by atoms with Crippen molar-refractivity contribution in [3.63, 3.8) is 0 Å². The molecule has 4 heteroatoms. The van der Waals surface area contributed by atoms with E-state index in [1.54, 1.807) is 6.07 Å². The second kappa shape index (κ2) is 5.06. The van der Waals surface area contributed by atoms with Crippen LogP contribution in [0.5, 0.6) is 0 Å². The van der Waals surface area contributed by atoms with Crippen LogP contribution in [0, 0.1) is 13.8 Å². The zero-order valence-electron chi connectivity index (χ0n) is 10.5. The molecule has 0 aliphatic carbocycles. The first-order chi connectivity index (χ1) is 8.61. The second-order valence-electron chi connectivity index (χ2n) is 4.24. The Morgan fingerprint density at radius 1 is 1.28 bits per heavy atom. The largest absolute Gasteiger partial charge is 0.459 e. The fourth-order valence-electron chi connectivity index (χ4n) is 1.72. The van der Waals surface area contributed by atoms with Crippen molar-refractivity contribution in [2.75, 3.05) is 5.32 Å². The highest BCUT2D eigenvalue weighted by Gasteiger charge is 2.13. The fraction of sp³-hybridized carbons (Fsp3) is 0.214. The predicted octanol–water partition coefficient (Wildman–Crippen LogP) is 2.61. The molecule has 1 aromatic carbocycles. The van der Waals surface area contributed by atoms with Crippen molar-refractivity contribution in [2.45, 2.75) is 20.4 Å². The van der Waals surface area contributed by atoms with Gasteiger partial charge < -0.3 is 15.5 Å². The lowest BCUT2D eigenvalue weighted by Gasteiger charge is -2.09. The summed E-state index contributed by atoms with van der Waals surface area (Å²) in [6, 6.07) is 7.53. The number of hydrogen-bond acceptors (Lipinski definition) is 3. The van der Waals surface area contributed by atoms with Gasteiger partial charge in [0.25, 0.3) is 5.91 Å². The molecule has 0 fully saturated rings. The fourth-order valence-corrected chi connectivity index (χ4v) is 1.72. The van der Waals surface area contributed by atoms with Gasteiger partial charge in [-0.25, -0.2) is 0 Å². The number of anilines is 1. The maximum Gasteiger partial charge on any atom is 0.291 e. The molecule has 0 unspecified atom stereocenters. The van der Waals surface area contributed by atoms with Crippen LogP contribution < -0.4 is 11.1 Å². The van der Waals surface area contributed by atoms with E-state index in [9.17, 15) is 4.79 Å². The summed E-state index contributed by atoms with van der Waals surface area (Å²) in [5.74, 6) is 0.0994. The lowest BCUT2D eigenvalue weighted by atomic mass is 10.1. The molecule has 0 aliphatic rings. The Labute approximate surface area is 106 Å². The summed E-state index contributed by atoms with van der Waals surface area (Å²) in [4.78, 5) is 12.0. The molecule has 0 radical (unpaired) electrons. The molecular formula is C14H16N2O2. The van der Waals surface area contributed by atoms with Crippen LogP contribution in [0.1, 0.15) is 27.2 Å². The first-order valence-corrected chi connectivity index (χ1v) is 5.77. The quantitative estimate of drug-likeness (QED) is 0.872. The number of benzene rings is 1. The average molecular weight is 244 g/mol. The zero-order valence-corrected chi connectivity index (χ0v) is 10.5. The maximum absolute atomic E-state index is 12.0. The van der Waals surface area contributed by atoms with Crippen LogP contribution in [0.2, 0.25) is 0 Å². The van der Waals surface area contributed by atoms with E-state index < -0.39 is 0 Å². The van der Waals surface area contributed by atoms with Gasteiger partial charge >= 0.3 is 0 Å². The number of furan rings is 1. The van der Waals surface area contributed by atoms with Gasteiger partial charge in [-0.15, -0.1) is 0 Å². The topological polar surface area (TPSA) is 68.3 Å². The van der Waals surface area contributed by atoms with Crippen molar-refractivity contribution in [1.82, 2.24) is 0 Å². The molecule has 0 aliphatic heterocycles. The summed E-state index contributed by atoms with van der Waals surface area (Å²) in [5, 5.41) is 2.84. The van der Waals surface area contributed by atoms with E-state index in [1.807, 2.05) is 32.0 Å². The Morgan fingerprint density at radius 3 is 2.67 bits per heavy atom. The van der Waals surface area contributed by atoms with Gasteiger partial charge in [-0.1, -0.05) is 12.1 Å². The molecule has 2 rings (SSSR count). The smallest absolute Gasteiger partial charge is 0.291 e. The molecule has 0 bridgehead atoms. The Kier molecular flexibility index (Phi) is 3.48. The lowest BCUT2D eigenvalue weighted by molar-refractivity contribution is 0.0996. The SMILES string of the molecule is Cc1ccc(CN)cc1NC(=O)c1occc1C. The minimum absolute atomic E-state index is 0.241. The third-order valence-electron chi connectivity index (χ3n) is 2.85. The highest BCUT2D eigenvalue weighted by molar-refractivity contribution is 6.03. The zero-order chi connectivity index (χ0) is 13.1. The van der Waals surface area contributed by atoms with Gasteiger partial charge in [0.15, 0.2) is 5.76 Å². The Morgan fingerprint density at radius 2 is 2.06 bits per heavy atom. The standard InChI is InChI=1S/C14H16N2O2/c1-9-3-4-11(8-15)7-12(9)16-14(17)13-10(2)5-6-18-13/h3-7H,8,15H2,1-2H3,(H,16,17). The number of carbonyl (C=O) groups is 1. The molecule has 0 saturated carbocycles. The predicted molar refractivity (Wildman–Crippen MR) is 70.5 cm³/mol. The van der Waals surface area contributed by atoms with Crippen molar-refractivity contribution in [3.8, 4) is 0 Å². The molecule has 1 heterocycles. The van der Waals surface area contributed by atoms with Crippen LogP contribution in [-0.2, 0) is 6.54 Å². The van der Waals surface area contributed by atoms with Crippen molar-refractivity contribution in [3.05, 3.63) is 53.0 Å². The Hall–Kier alpha value is -2.07. The summed E-state index contributed by atoms with van der Waals surface area (Å²) in [6.07, 6.45) is 1.51. The normalized spacial score (nSPS) is 10.4. The van der Waals surface area contributed by atoms with Crippen LogP contribution in [-0.4, -0.2) is 5.91 Å². The second-order valence-corrected chi connectivity index (χ2v) is 4.24. The van der Waals surface area contributed by atoms with E-state index in [0.29, 0.717) is 12.3 Å². The van der Waals surface area contributed by atoms with Crippen LogP contribution in [0.4, 0.5) is 5.69 Å². The van der Waals surface area contributed by atoms with Gasteiger partial charge in [0, 0.05) is 17.8 Å². The van der Waals surface area contributed by atoms with Gasteiger partial charge in [0.1, 0.15) is 0 Å². The van der Waals surface area contributed by atoms with Gasteiger partial charge in [0.2, 0.25) is 0 Å². The first-order valence-electron chi connectivity index (χ1n) is 5.77. The molecule has 0 atom stereocenters. The highest BCUT2D eigenvalue weighted by Crippen LogP contribution is 2.19. The summed E-state index contributed by atoms with van der Waals surface area (Å²) in [6.45, 7) is 4.22. The summed E-state index contributed by atoms with van der Waals surface area (Å²) >= 11 is 0. The van der Waals surface area contributed by atoms with Crippen LogP contribution in [0.3, 0.4) is 0 Å². The van der Waals surface area contributed by atoms with E-state index in [1.165, 1.54) is 6.26 Å². The third kappa shape index (κ3) is 2.43. The molecule has 2 aromatic rings. The average Bonchev–Trinajstić information content (AvgIpc) is 2.78. The molecule has 4 nitrogen and oxygen atoms in total. The summed E-state index contributed by atoms with van der Waals surface area (Å²) < 4.78 is 5.16. The lowest BCUT2D eigenvalue weighted by Crippen LogP contribution is -2.13. The number of aryl methyl sites for hydroxylation is 2. The molecule has 0 saturated heterocycles. The maximum atomic E-state index is 12.0. The van der Waals surface area contributed by atoms with Crippen LogP contribution in [0.25, 0.3) is 0 Å². The molecule has 1 amide bonds. The van der Waals surface area contributed by atoms with E-state index in [2.05, 4.69) is 5.32 Å². The molecule has 94 valence electrons. The van der Waals surface area contributed by atoms with Crippen molar-refractivity contribution in [2.24, 2.45) is 5.73 Å². The van der Waals surface area contributed by atoms with Gasteiger partial charge in [-0.2, -0.15) is 0 Å². The van der Waals surface area contributed by atoms with E-state index in [0.717, 1.165) is 22.4 Å².